The van der Waals surface area contributed by atoms with Crippen LogP contribution in [0.15, 0.2) is 0 Å². The van der Waals surface area contributed by atoms with Crippen molar-refractivity contribution in [1.29, 1.82) is 0 Å². The molecule has 3 nitrogen and oxygen atoms in total. The molecule has 0 amide bonds. The summed E-state index contributed by atoms with van der Waals surface area (Å²) in [6.07, 6.45) is 6.98. The lowest BCUT2D eigenvalue weighted by molar-refractivity contribution is 0.186. The Morgan fingerprint density at radius 3 is 2.12 bits per heavy atom. The number of hydrogen-bond donors (Lipinski definition) is 2. The van der Waals surface area contributed by atoms with E-state index in [0.717, 1.165) is 32.5 Å². The Morgan fingerprint density at radius 1 is 1.00 bits per heavy atom. The third-order valence-corrected chi connectivity index (χ3v) is 3.23. The van der Waals surface area contributed by atoms with E-state index in [1.807, 2.05) is 0 Å². The van der Waals surface area contributed by atoms with Crippen LogP contribution in [0.2, 0.25) is 0 Å². The van der Waals surface area contributed by atoms with Gasteiger partial charge in [-0.3, -0.25) is 4.90 Å². The first-order valence-corrected chi connectivity index (χ1v) is 6.85. The van der Waals surface area contributed by atoms with Crippen LogP contribution in [0, 0.1) is 0 Å². The van der Waals surface area contributed by atoms with Gasteiger partial charge in [-0.2, -0.15) is 0 Å². The fourth-order valence-corrected chi connectivity index (χ4v) is 2.23. The van der Waals surface area contributed by atoms with E-state index in [-0.39, 0.29) is 0 Å². The minimum Gasteiger partial charge on any atom is -0.396 e. The molecule has 98 valence electrons. The van der Waals surface area contributed by atoms with Gasteiger partial charge in [-0.25, -0.2) is 0 Å². The number of nitrogens with zero attached hydrogens (tertiary/aromatic N) is 1. The molecule has 0 fully saturated rings. The molecule has 0 aliphatic rings. The van der Waals surface area contributed by atoms with E-state index in [4.69, 9.17) is 10.8 Å². The number of unbranched alkanes of at least 4 members (excludes halogenated alkanes) is 3. The van der Waals surface area contributed by atoms with E-state index in [2.05, 4.69) is 18.7 Å². The maximum atomic E-state index is 8.70. The minimum absolute atomic E-state index is 0.332. The van der Waals surface area contributed by atoms with Crippen molar-refractivity contribution in [3.63, 3.8) is 0 Å². The average Bonchev–Trinajstić information content (AvgIpc) is 2.30. The van der Waals surface area contributed by atoms with Crippen LogP contribution in [-0.4, -0.2) is 42.3 Å². The van der Waals surface area contributed by atoms with Gasteiger partial charge in [0, 0.05) is 25.7 Å². The molecule has 0 aliphatic carbocycles. The lowest BCUT2D eigenvalue weighted by Gasteiger charge is -2.30. The van der Waals surface area contributed by atoms with Gasteiger partial charge < -0.3 is 10.8 Å². The average molecular weight is 230 g/mol. The Bertz CT molecular complexity index is 138. The molecule has 0 saturated carbocycles. The number of aliphatic hydroxyl groups is 1. The van der Waals surface area contributed by atoms with Gasteiger partial charge in [-0.1, -0.05) is 26.7 Å². The van der Waals surface area contributed by atoms with Gasteiger partial charge in [0.2, 0.25) is 0 Å². The number of rotatable bonds is 11. The van der Waals surface area contributed by atoms with Crippen LogP contribution in [0.25, 0.3) is 0 Å². The molecular formula is C13H30N2O. The SMILES string of the molecule is CCC(CC)N(CCN)CCCCCCO. The van der Waals surface area contributed by atoms with E-state index in [0.29, 0.717) is 12.6 Å². The highest BCUT2D eigenvalue weighted by molar-refractivity contribution is 4.69. The van der Waals surface area contributed by atoms with Crippen LogP contribution >= 0.6 is 0 Å². The molecule has 0 aromatic carbocycles. The summed E-state index contributed by atoms with van der Waals surface area (Å²) in [7, 11) is 0. The minimum atomic E-state index is 0.332. The standard InChI is InChI=1S/C13H30N2O/c1-3-13(4-2)15(11-9-14)10-7-5-6-8-12-16/h13,16H,3-12,14H2,1-2H3. The zero-order chi connectivity index (χ0) is 12.2. The van der Waals surface area contributed by atoms with Gasteiger partial charge in [0.1, 0.15) is 0 Å². The fraction of sp³-hybridized carbons (Fsp3) is 1.00. The van der Waals surface area contributed by atoms with Crippen molar-refractivity contribution in [2.24, 2.45) is 5.73 Å². The van der Waals surface area contributed by atoms with E-state index in [9.17, 15) is 0 Å². The van der Waals surface area contributed by atoms with Crippen LogP contribution in [0.3, 0.4) is 0 Å². The summed E-state index contributed by atoms with van der Waals surface area (Å²) in [5, 5.41) is 8.70. The normalized spacial score (nSPS) is 11.6. The molecule has 0 saturated heterocycles. The van der Waals surface area contributed by atoms with Crippen molar-refractivity contribution >= 4 is 0 Å². The molecule has 0 bridgehead atoms. The van der Waals surface area contributed by atoms with Crippen molar-refractivity contribution in [2.75, 3.05) is 26.2 Å². The van der Waals surface area contributed by atoms with Crippen molar-refractivity contribution in [3.05, 3.63) is 0 Å². The van der Waals surface area contributed by atoms with E-state index in [1.165, 1.54) is 25.7 Å². The molecule has 0 aromatic heterocycles. The van der Waals surface area contributed by atoms with Crippen LogP contribution in [-0.2, 0) is 0 Å². The maximum Gasteiger partial charge on any atom is 0.0431 e. The molecule has 0 spiro atoms. The number of aliphatic hydroxyl groups excluding tert-OH is 1. The number of hydrogen-bond acceptors (Lipinski definition) is 3. The molecule has 0 radical (unpaired) electrons. The predicted molar refractivity (Wildman–Crippen MR) is 70.6 cm³/mol. The van der Waals surface area contributed by atoms with E-state index < -0.39 is 0 Å². The monoisotopic (exact) mass is 230 g/mol. The smallest absolute Gasteiger partial charge is 0.0431 e. The molecular weight excluding hydrogens is 200 g/mol. The first-order chi connectivity index (χ1) is 7.79. The lowest BCUT2D eigenvalue weighted by atomic mass is 10.1. The summed E-state index contributed by atoms with van der Waals surface area (Å²) >= 11 is 0. The molecule has 3 N–H and O–H groups in total. The van der Waals surface area contributed by atoms with E-state index in [1.54, 1.807) is 0 Å². The van der Waals surface area contributed by atoms with Gasteiger partial charge >= 0.3 is 0 Å². The highest BCUT2D eigenvalue weighted by atomic mass is 16.2. The largest absolute Gasteiger partial charge is 0.396 e. The molecule has 0 unspecified atom stereocenters. The molecule has 16 heavy (non-hydrogen) atoms. The Kier molecular flexibility index (Phi) is 11.3. The zero-order valence-electron chi connectivity index (χ0n) is 11.1. The van der Waals surface area contributed by atoms with Gasteiger partial charge in [0.15, 0.2) is 0 Å². The summed E-state index contributed by atoms with van der Waals surface area (Å²) in [5.41, 5.74) is 5.65. The predicted octanol–water partition coefficient (Wildman–Crippen LogP) is 1.99. The van der Waals surface area contributed by atoms with Crippen molar-refractivity contribution < 1.29 is 5.11 Å². The summed E-state index contributed by atoms with van der Waals surface area (Å²) in [4.78, 5) is 2.53. The molecule has 0 aliphatic heterocycles. The summed E-state index contributed by atoms with van der Waals surface area (Å²) in [6, 6.07) is 0.696. The Morgan fingerprint density at radius 2 is 1.62 bits per heavy atom. The maximum absolute atomic E-state index is 8.70. The number of nitrogens with two attached hydrogens (primary N) is 1. The first kappa shape index (κ1) is 15.9. The van der Waals surface area contributed by atoms with Crippen molar-refractivity contribution in [2.45, 2.75) is 58.4 Å². The van der Waals surface area contributed by atoms with Gasteiger partial charge in [-0.05, 0) is 32.2 Å². The Labute approximate surface area is 101 Å². The topological polar surface area (TPSA) is 49.5 Å². The Balaban J connectivity index is 3.74. The summed E-state index contributed by atoms with van der Waals surface area (Å²) < 4.78 is 0. The molecule has 0 atom stereocenters. The fourth-order valence-electron chi connectivity index (χ4n) is 2.23. The van der Waals surface area contributed by atoms with Crippen molar-refractivity contribution in [1.82, 2.24) is 4.90 Å². The van der Waals surface area contributed by atoms with Gasteiger partial charge in [0.05, 0.1) is 0 Å². The zero-order valence-corrected chi connectivity index (χ0v) is 11.1. The lowest BCUT2D eigenvalue weighted by Crippen LogP contribution is -2.38. The highest BCUT2D eigenvalue weighted by Gasteiger charge is 2.13. The van der Waals surface area contributed by atoms with Gasteiger partial charge in [-0.15, -0.1) is 0 Å². The molecule has 0 rings (SSSR count). The third kappa shape index (κ3) is 7.20. The summed E-state index contributed by atoms with van der Waals surface area (Å²) in [5.74, 6) is 0. The first-order valence-electron chi connectivity index (χ1n) is 6.85. The quantitative estimate of drug-likeness (QED) is 0.534. The van der Waals surface area contributed by atoms with Crippen molar-refractivity contribution in [3.8, 4) is 0 Å². The van der Waals surface area contributed by atoms with Crippen LogP contribution in [0.5, 0.6) is 0 Å². The van der Waals surface area contributed by atoms with Crippen LogP contribution in [0.4, 0.5) is 0 Å². The second-order valence-corrected chi connectivity index (χ2v) is 4.43. The van der Waals surface area contributed by atoms with Crippen LogP contribution in [0.1, 0.15) is 52.4 Å². The highest BCUT2D eigenvalue weighted by Crippen LogP contribution is 2.10. The third-order valence-electron chi connectivity index (χ3n) is 3.23. The summed E-state index contributed by atoms with van der Waals surface area (Å²) in [6.45, 7) is 7.78. The van der Waals surface area contributed by atoms with E-state index >= 15 is 0 Å². The Hall–Kier alpha value is -0.120. The second kappa shape index (κ2) is 11.4. The molecule has 0 aromatic rings. The second-order valence-electron chi connectivity index (χ2n) is 4.43. The van der Waals surface area contributed by atoms with Crippen LogP contribution < -0.4 is 5.73 Å². The molecule has 0 heterocycles. The molecule has 3 heteroatoms. The van der Waals surface area contributed by atoms with Gasteiger partial charge in [0.25, 0.3) is 0 Å².